The zero-order valence-corrected chi connectivity index (χ0v) is 8.59. The first kappa shape index (κ1) is 8.60. The Hall–Kier alpha value is 0.599. The number of unbranched alkanes of at least 4 members (excludes halogenated alkanes) is 2. The van der Waals surface area contributed by atoms with Crippen LogP contribution in [0.4, 0.5) is 0 Å². The first-order chi connectivity index (χ1) is 3.77. The van der Waals surface area contributed by atoms with Gasteiger partial charge in [0, 0.05) is 0 Å². The third-order valence-corrected chi connectivity index (χ3v) is 4.15. The summed E-state index contributed by atoms with van der Waals surface area (Å²) >= 11 is -1.91. The number of hydrogen-bond donors (Lipinski definition) is 0. The molecule has 0 amide bonds. The predicted molar refractivity (Wildman–Crippen MR) is 36.6 cm³/mol. The van der Waals surface area contributed by atoms with Gasteiger partial charge in [0.05, 0.1) is 0 Å². The minimum absolute atomic E-state index is 1.05. The Bertz CT molecular complexity index is 70.9. The van der Waals surface area contributed by atoms with E-state index in [9.17, 15) is 3.08 Å². The molecule has 0 saturated heterocycles. The van der Waals surface area contributed by atoms with Crippen LogP contribution < -0.4 is 0 Å². The van der Waals surface area contributed by atoms with Crippen LogP contribution in [-0.2, 0) is 3.08 Å². The summed E-state index contributed by atoms with van der Waals surface area (Å²) in [6, 6.07) is 0. The van der Waals surface area contributed by atoms with Gasteiger partial charge in [0.25, 0.3) is 0 Å². The minimum atomic E-state index is -1.91. The molecule has 0 N–H and O–H groups in total. The molecular formula is C6H14OSn. The van der Waals surface area contributed by atoms with Crippen molar-refractivity contribution in [1.29, 1.82) is 0 Å². The van der Waals surface area contributed by atoms with Gasteiger partial charge in [0.15, 0.2) is 0 Å². The van der Waals surface area contributed by atoms with E-state index < -0.39 is 19.7 Å². The fourth-order valence-electron chi connectivity index (χ4n) is 0.624. The van der Waals surface area contributed by atoms with Crippen molar-refractivity contribution in [2.24, 2.45) is 0 Å². The molecule has 0 saturated carbocycles. The van der Waals surface area contributed by atoms with Crippen molar-refractivity contribution >= 4 is 19.7 Å². The van der Waals surface area contributed by atoms with Crippen molar-refractivity contribution in [3.05, 3.63) is 0 Å². The van der Waals surface area contributed by atoms with E-state index in [-0.39, 0.29) is 0 Å². The summed E-state index contributed by atoms with van der Waals surface area (Å²) in [5.74, 6) is 0. The molecule has 48 valence electrons. The van der Waals surface area contributed by atoms with Crippen molar-refractivity contribution in [1.82, 2.24) is 0 Å². The van der Waals surface area contributed by atoms with E-state index in [2.05, 4.69) is 6.92 Å². The van der Waals surface area contributed by atoms with Crippen LogP contribution in [0.15, 0.2) is 0 Å². The van der Waals surface area contributed by atoms with Crippen LogP contribution in [0.2, 0.25) is 9.38 Å². The Morgan fingerprint density at radius 2 is 2.00 bits per heavy atom. The van der Waals surface area contributed by atoms with Gasteiger partial charge >= 0.3 is 58.4 Å². The maximum atomic E-state index is 10.6. The van der Waals surface area contributed by atoms with Crippen LogP contribution in [0.25, 0.3) is 0 Å². The molecule has 0 unspecified atom stereocenters. The van der Waals surface area contributed by atoms with E-state index >= 15 is 0 Å². The quantitative estimate of drug-likeness (QED) is 0.525. The second-order valence-electron chi connectivity index (χ2n) is 2.16. The van der Waals surface area contributed by atoms with Gasteiger partial charge in [-0.25, -0.2) is 0 Å². The Morgan fingerprint density at radius 3 is 2.38 bits per heavy atom. The molecule has 0 aromatic rings. The molecule has 0 rings (SSSR count). The first-order valence-corrected chi connectivity index (χ1v) is 9.30. The monoisotopic (exact) mass is 222 g/mol. The second kappa shape index (κ2) is 5.73. The van der Waals surface area contributed by atoms with E-state index in [0.717, 1.165) is 4.44 Å². The van der Waals surface area contributed by atoms with Crippen LogP contribution in [0, 0.1) is 0 Å². The summed E-state index contributed by atoms with van der Waals surface area (Å²) in [5, 5.41) is 0. The Kier molecular flexibility index (Phi) is 6.16. The van der Waals surface area contributed by atoms with Gasteiger partial charge in [-0.05, 0) is 0 Å². The molecule has 0 heterocycles. The third kappa shape index (κ3) is 6.60. The molecule has 1 nitrogen and oxygen atoms in total. The standard InChI is InChI=1S/C5H11.CH3.O.Sn/c1-3-5-4-2;;;/h1,3-5H2,2H3;1H3;;. The van der Waals surface area contributed by atoms with E-state index in [0.29, 0.717) is 0 Å². The second-order valence-corrected chi connectivity index (χ2v) is 7.59. The van der Waals surface area contributed by atoms with Crippen LogP contribution in [0.1, 0.15) is 26.2 Å². The van der Waals surface area contributed by atoms with E-state index in [4.69, 9.17) is 0 Å². The fraction of sp³-hybridized carbons (Fsp3) is 1.00. The fourth-order valence-corrected chi connectivity index (χ4v) is 2.76. The Balaban J connectivity index is 2.82. The van der Waals surface area contributed by atoms with Gasteiger partial charge in [-0.3, -0.25) is 0 Å². The summed E-state index contributed by atoms with van der Waals surface area (Å²) in [7, 11) is 0. The Morgan fingerprint density at radius 1 is 1.38 bits per heavy atom. The van der Waals surface area contributed by atoms with Crippen LogP contribution >= 0.6 is 0 Å². The topological polar surface area (TPSA) is 17.1 Å². The molecule has 0 spiro atoms. The summed E-state index contributed by atoms with van der Waals surface area (Å²) < 4.78 is 11.7. The normalized spacial score (nSPS) is 9.25. The molecule has 0 aromatic carbocycles. The summed E-state index contributed by atoms with van der Waals surface area (Å²) in [4.78, 5) is 1.93. The predicted octanol–water partition coefficient (Wildman–Crippen LogP) is 2.23. The van der Waals surface area contributed by atoms with E-state index in [1.807, 2.05) is 4.94 Å². The average molecular weight is 221 g/mol. The van der Waals surface area contributed by atoms with Crippen molar-refractivity contribution in [2.45, 2.75) is 35.6 Å². The zero-order valence-electron chi connectivity index (χ0n) is 5.74. The van der Waals surface area contributed by atoms with Crippen molar-refractivity contribution < 1.29 is 3.08 Å². The van der Waals surface area contributed by atoms with Gasteiger partial charge in [0.1, 0.15) is 0 Å². The van der Waals surface area contributed by atoms with Crippen molar-refractivity contribution in [3.8, 4) is 0 Å². The zero-order chi connectivity index (χ0) is 6.41. The van der Waals surface area contributed by atoms with Crippen LogP contribution in [-0.4, -0.2) is 19.7 Å². The van der Waals surface area contributed by atoms with Gasteiger partial charge in [-0.15, -0.1) is 0 Å². The molecule has 2 heteroatoms. The molecule has 8 heavy (non-hydrogen) atoms. The van der Waals surface area contributed by atoms with Crippen LogP contribution in [0.3, 0.4) is 0 Å². The molecule has 0 aliphatic carbocycles. The van der Waals surface area contributed by atoms with Gasteiger partial charge in [-0.1, -0.05) is 0 Å². The van der Waals surface area contributed by atoms with Crippen LogP contribution in [0.5, 0.6) is 0 Å². The molecule has 0 radical (unpaired) electrons. The van der Waals surface area contributed by atoms with E-state index in [1.165, 1.54) is 19.3 Å². The van der Waals surface area contributed by atoms with Crippen molar-refractivity contribution in [2.75, 3.05) is 0 Å². The Labute approximate surface area is 58.6 Å². The molecule has 0 atom stereocenters. The molecule has 0 aromatic heterocycles. The van der Waals surface area contributed by atoms with Gasteiger partial charge in [-0.2, -0.15) is 0 Å². The van der Waals surface area contributed by atoms with Gasteiger partial charge in [0.2, 0.25) is 0 Å². The summed E-state index contributed by atoms with van der Waals surface area (Å²) in [6.07, 6.45) is 3.71. The average Bonchev–Trinajstić information content (AvgIpc) is 1.66. The molecule has 0 aliphatic heterocycles. The molecule has 0 aliphatic rings. The summed E-state index contributed by atoms with van der Waals surface area (Å²) in [6.45, 7) is 2.17. The van der Waals surface area contributed by atoms with Gasteiger partial charge < -0.3 is 0 Å². The number of rotatable bonds is 4. The number of hydrogen-bond acceptors (Lipinski definition) is 1. The molecule has 0 bridgehead atoms. The van der Waals surface area contributed by atoms with E-state index in [1.54, 1.807) is 0 Å². The SMILES string of the molecule is CCCC[CH2][Sn]([CH3])=[O]. The first-order valence-electron chi connectivity index (χ1n) is 3.26. The van der Waals surface area contributed by atoms with Crippen molar-refractivity contribution in [3.63, 3.8) is 0 Å². The molecular weight excluding hydrogens is 207 g/mol. The summed E-state index contributed by atoms with van der Waals surface area (Å²) in [5.41, 5.74) is 0. The molecule has 0 fully saturated rings. The maximum absolute atomic E-state index is 10.6. The third-order valence-electron chi connectivity index (χ3n) is 1.13.